The molecule has 0 aliphatic heterocycles. The molecule has 5 heteroatoms. The molecule has 0 saturated heterocycles. The third-order valence-electron chi connectivity index (χ3n) is 8.21. The van der Waals surface area contributed by atoms with Gasteiger partial charge in [0.25, 0.3) is 0 Å². The van der Waals surface area contributed by atoms with Gasteiger partial charge in [0, 0.05) is 0 Å². The zero-order chi connectivity index (χ0) is 19.5. The van der Waals surface area contributed by atoms with Gasteiger partial charge in [0.05, 0.1) is 22.8 Å². The number of halogens is 1. The van der Waals surface area contributed by atoms with E-state index in [9.17, 15) is 0 Å². The summed E-state index contributed by atoms with van der Waals surface area (Å²) in [7, 11) is -4.41. The fraction of sp³-hybridized carbons (Fsp3) is 1.00. The topological polar surface area (TPSA) is 0 Å². The van der Waals surface area contributed by atoms with Crippen LogP contribution >= 0.6 is 15.3 Å². The second-order valence-electron chi connectivity index (χ2n) is 12.3. The highest BCUT2D eigenvalue weighted by molar-refractivity contribution is 9.31. The molecule has 0 atom stereocenters. The second kappa shape index (κ2) is 6.21. The molecular weight excluding hydrogens is 408 g/mol. The van der Waals surface area contributed by atoms with Crippen molar-refractivity contribution in [1.29, 1.82) is 0 Å². The van der Waals surface area contributed by atoms with Crippen LogP contribution in [0.1, 0.15) is 62.3 Å². The van der Waals surface area contributed by atoms with E-state index in [0.717, 1.165) is 0 Å². The van der Waals surface area contributed by atoms with Crippen LogP contribution < -0.4 is 0 Å². The van der Waals surface area contributed by atoms with E-state index in [1.54, 1.807) is 0 Å². The predicted octanol–water partition coefficient (Wildman–Crippen LogP) is 8.09. The molecule has 0 radical (unpaired) electrons. The molecule has 0 unspecified atom stereocenters. The van der Waals surface area contributed by atoms with Gasteiger partial charge in [0.1, 0.15) is 5.25 Å². The highest BCUT2D eigenvalue weighted by Crippen LogP contribution is 2.60. The van der Waals surface area contributed by atoms with Gasteiger partial charge in [0.15, 0.2) is 0 Å². The van der Waals surface area contributed by atoms with E-state index in [4.69, 9.17) is 15.3 Å². The van der Waals surface area contributed by atoms with Crippen molar-refractivity contribution < 1.29 is 0 Å². The number of hydrogen-bond donors (Lipinski definition) is 0. The summed E-state index contributed by atoms with van der Waals surface area (Å²) < 4.78 is 0. The lowest BCUT2D eigenvalue weighted by atomic mass is 10.2. The first-order chi connectivity index (χ1) is 9.50. The normalized spacial score (nSPS) is 16.7. The van der Waals surface area contributed by atoms with Crippen LogP contribution in [0.25, 0.3) is 0 Å². The molecule has 0 heterocycles. The van der Waals surface area contributed by atoms with E-state index < -0.39 is 28.0 Å². The van der Waals surface area contributed by atoms with Crippen molar-refractivity contribution >= 4 is 43.3 Å². The van der Waals surface area contributed by atoms with Crippen molar-refractivity contribution in [2.45, 2.75) is 117 Å². The average Bonchev–Trinajstić information content (AvgIpc) is 2.22. The quantitative estimate of drug-likeness (QED) is 0.299. The van der Waals surface area contributed by atoms with Gasteiger partial charge >= 0.3 is 0 Å². The zero-order valence-electron chi connectivity index (χ0n) is 18.9. The van der Waals surface area contributed by atoms with Crippen LogP contribution in [0.2, 0.25) is 54.4 Å². The average molecular weight is 454 g/mol. The summed E-state index contributed by atoms with van der Waals surface area (Å²) in [6, 6.07) is 0. The van der Waals surface area contributed by atoms with Gasteiger partial charge in [-0.1, -0.05) is 102 Å². The molecule has 0 aromatic heterocycles. The maximum atomic E-state index is 4.78. The monoisotopic (exact) mass is 452 g/mol. The molecule has 0 saturated carbocycles. The Morgan fingerprint density at radius 1 is 0.435 bits per heavy atom. The summed E-state index contributed by atoms with van der Waals surface area (Å²) in [5.41, 5.74) is 0. The number of rotatable bonds is 3. The first-order valence-corrected chi connectivity index (χ1v) is 25.4. The Morgan fingerprint density at radius 3 is 0.652 bits per heavy atom. The molecule has 0 fully saturated rings. The van der Waals surface area contributed by atoms with Gasteiger partial charge in [-0.2, -0.15) is 0 Å². The maximum absolute atomic E-state index is 4.78. The highest BCUT2D eigenvalue weighted by Gasteiger charge is 2.72. The maximum Gasteiger partial charge on any atom is 0.109 e. The smallest absolute Gasteiger partial charge is 0.109 e. The largest absolute Gasteiger partial charge is 0.136 e. The molecule has 0 N–H and O–H groups in total. The molecule has 0 rings (SSSR count). The van der Waals surface area contributed by atoms with Crippen LogP contribution in [0.5, 0.6) is 0 Å². The second-order valence-corrected chi connectivity index (χ2v) is 60.5. The lowest BCUT2D eigenvalue weighted by Crippen LogP contribution is -2.86. The van der Waals surface area contributed by atoms with Crippen molar-refractivity contribution in [1.82, 2.24) is 0 Å². The summed E-state index contributed by atoms with van der Waals surface area (Å²) in [5.74, 6) is 0. The Morgan fingerprint density at radius 2 is 0.565 bits per heavy atom. The van der Waals surface area contributed by atoms with Crippen molar-refractivity contribution in [3.63, 3.8) is 0 Å². The van der Waals surface area contributed by atoms with Gasteiger partial charge in [-0.25, -0.2) is 0 Å². The Kier molecular flexibility index (Phi) is 6.57. The van der Waals surface area contributed by atoms with Gasteiger partial charge in [-0.05, 0) is 15.1 Å². The van der Waals surface area contributed by atoms with Crippen LogP contribution in [0, 0.1) is 0 Å². The predicted molar refractivity (Wildman–Crippen MR) is 126 cm³/mol. The lowest BCUT2D eigenvalue weighted by Gasteiger charge is -2.66. The van der Waals surface area contributed by atoms with E-state index >= 15 is 0 Å². The van der Waals surface area contributed by atoms with Crippen LogP contribution in [0.4, 0.5) is 0 Å². The van der Waals surface area contributed by atoms with Gasteiger partial charge in [-0.15, -0.1) is 15.3 Å². The van der Waals surface area contributed by atoms with Crippen molar-refractivity contribution in [3.8, 4) is 0 Å². The van der Waals surface area contributed by atoms with Crippen LogP contribution in [0.15, 0.2) is 0 Å². The van der Waals surface area contributed by atoms with E-state index in [0.29, 0.717) is 15.1 Å². The molecule has 23 heavy (non-hydrogen) atoms. The zero-order valence-corrected chi connectivity index (χ0v) is 24.5. The SMILES string of the molecule is CC(C)(C)[Si](C)(C)[Si](Br)([Si](C)(C)C(C)(C)C)[Si](C)(C)C(C)(C)C. The fourth-order valence-electron chi connectivity index (χ4n) is 3.89. The van der Waals surface area contributed by atoms with E-state index in [-0.39, 0.29) is 0 Å². The summed E-state index contributed by atoms with van der Waals surface area (Å²) in [4.78, 5) is 0. The summed E-state index contributed by atoms with van der Waals surface area (Å²) in [5, 5.41) is -0.253. The van der Waals surface area contributed by atoms with E-state index in [2.05, 4.69) is 102 Å². The van der Waals surface area contributed by atoms with Crippen LogP contribution in [-0.4, -0.2) is 28.0 Å². The Hall–Kier alpha value is 1.35. The minimum atomic E-state index is -1.61. The molecule has 0 spiro atoms. The minimum absolute atomic E-state index is 0.452. The Balaban J connectivity index is 6.97. The standard InChI is InChI=1S/C18H45BrSi4/c1-16(2,3)20(10,11)23(19,21(12,13)17(4,5)6)22(14,15)18(7,8)9/h1-15H3. The summed E-state index contributed by atoms with van der Waals surface area (Å²) >= 11 is 4.78. The molecule has 0 aliphatic carbocycles. The third-order valence-corrected chi connectivity index (χ3v) is 107. The number of hydrogen-bond acceptors (Lipinski definition) is 0. The first-order valence-electron chi connectivity index (χ1n) is 9.19. The van der Waals surface area contributed by atoms with Crippen LogP contribution in [0.3, 0.4) is 0 Å². The third kappa shape index (κ3) is 3.47. The van der Waals surface area contributed by atoms with Crippen LogP contribution in [-0.2, 0) is 0 Å². The molecule has 0 aromatic carbocycles. The van der Waals surface area contributed by atoms with Gasteiger partial charge in [0.2, 0.25) is 0 Å². The summed E-state index contributed by atoms with van der Waals surface area (Å²) in [6.45, 7) is 39.2. The Bertz CT molecular complexity index is 367. The molecule has 0 aliphatic rings. The van der Waals surface area contributed by atoms with Crippen molar-refractivity contribution in [2.24, 2.45) is 0 Å². The highest BCUT2D eigenvalue weighted by atomic mass is 79.9. The Labute approximate surface area is 159 Å². The van der Waals surface area contributed by atoms with Crippen molar-refractivity contribution in [2.75, 3.05) is 0 Å². The molecule has 0 aromatic rings. The van der Waals surface area contributed by atoms with E-state index in [1.807, 2.05) is 0 Å². The molecular formula is C18H45BrSi4. The van der Waals surface area contributed by atoms with Gasteiger partial charge in [-0.3, -0.25) is 0 Å². The fourth-order valence-corrected chi connectivity index (χ4v) is 114. The van der Waals surface area contributed by atoms with Gasteiger partial charge < -0.3 is 0 Å². The first kappa shape index (κ1) is 24.3. The molecule has 0 nitrogen and oxygen atoms in total. The molecule has 0 bridgehead atoms. The summed E-state index contributed by atoms with van der Waals surface area (Å²) in [6.07, 6.45) is 0. The molecule has 0 amide bonds. The van der Waals surface area contributed by atoms with E-state index in [1.165, 1.54) is 0 Å². The molecule has 140 valence electrons. The minimum Gasteiger partial charge on any atom is -0.136 e. The lowest BCUT2D eigenvalue weighted by molar-refractivity contribution is 0.720. The van der Waals surface area contributed by atoms with Crippen molar-refractivity contribution in [3.05, 3.63) is 0 Å².